The van der Waals surface area contributed by atoms with E-state index >= 15 is 0 Å². The van der Waals surface area contributed by atoms with Gasteiger partial charge in [-0.05, 0) is 41.8 Å². The maximum Gasteiger partial charge on any atom is 0.295 e. The van der Waals surface area contributed by atoms with Crippen molar-refractivity contribution in [1.82, 2.24) is 4.90 Å². The van der Waals surface area contributed by atoms with Gasteiger partial charge in [0.05, 0.1) is 23.6 Å². The fraction of sp³-hybridized carbons (Fsp3) is 0.154. The van der Waals surface area contributed by atoms with Crippen LogP contribution in [-0.2, 0) is 16.0 Å². The summed E-state index contributed by atoms with van der Waals surface area (Å²) in [7, 11) is 1.51. The van der Waals surface area contributed by atoms with Gasteiger partial charge in [0.25, 0.3) is 17.4 Å². The van der Waals surface area contributed by atoms with Crippen molar-refractivity contribution in [3.8, 4) is 5.75 Å². The lowest BCUT2D eigenvalue weighted by molar-refractivity contribution is -0.384. The fourth-order valence-corrected chi connectivity index (χ4v) is 4.06. The number of aliphatic hydroxyl groups is 1. The van der Waals surface area contributed by atoms with E-state index in [1.54, 1.807) is 30.3 Å². The number of rotatable bonds is 7. The van der Waals surface area contributed by atoms with Gasteiger partial charge < -0.3 is 14.7 Å². The van der Waals surface area contributed by atoms with E-state index < -0.39 is 22.7 Å². The summed E-state index contributed by atoms with van der Waals surface area (Å²) in [6, 6.07) is 20.7. The molecule has 0 bridgehead atoms. The summed E-state index contributed by atoms with van der Waals surface area (Å²) in [5.41, 5.74) is 1.39. The Morgan fingerprint density at radius 1 is 1.03 bits per heavy atom. The van der Waals surface area contributed by atoms with Gasteiger partial charge in [0.15, 0.2) is 0 Å². The smallest absolute Gasteiger partial charge is 0.295 e. The van der Waals surface area contributed by atoms with Gasteiger partial charge in [-0.1, -0.05) is 42.5 Å². The van der Waals surface area contributed by atoms with Crippen molar-refractivity contribution in [2.75, 3.05) is 13.7 Å². The molecule has 0 radical (unpaired) electrons. The third kappa shape index (κ3) is 4.38. The summed E-state index contributed by atoms with van der Waals surface area (Å²) < 4.78 is 5.14. The number of ether oxygens (including phenoxy) is 1. The van der Waals surface area contributed by atoms with Crippen LogP contribution in [0.15, 0.2) is 84.4 Å². The number of benzene rings is 3. The third-order valence-corrected chi connectivity index (χ3v) is 5.78. The monoisotopic (exact) mass is 458 g/mol. The second-order valence-electron chi connectivity index (χ2n) is 7.81. The molecule has 1 aliphatic rings. The molecule has 3 aromatic carbocycles. The first-order valence-corrected chi connectivity index (χ1v) is 10.6. The number of ketones is 1. The number of hydrogen-bond acceptors (Lipinski definition) is 6. The molecule has 0 aliphatic carbocycles. The minimum absolute atomic E-state index is 0.108. The van der Waals surface area contributed by atoms with Crippen LogP contribution in [0, 0.1) is 10.1 Å². The molecule has 1 heterocycles. The van der Waals surface area contributed by atoms with Gasteiger partial charge in [0.1, 0.15) is 11.5 Å². The maximum atomic E-state index is 13.1. The molecule has 1 amide bonds. The molecule has 4 rings (SSSR count). The first kappa shape index (κ1) is 22.7. The van der Waals surface area contributed by atoms with E-state index in [2.05, 4.69) is 0 Å². The number of nitrogens with zero attached hydrogens (tertiary/aromatic N) is 2. The highest BCUT2D eigenvalue weighted by Gasteiger charge is 2.46. The van der Waals surface area contributed by atoms with E-state index in [0.29, 0.717) is 23.3 Å². The van der Waals surface area contributed by atoms with Crippen molar-refractivity contribution in [3.63, 3.8) is 0 Å². The number of carbonyl (C=O) groups excluding carboxylic acids is 2. The molecule has 1 unspecified atom stereocenters. The van der Waals surface area contributed by atoms with Crippen LogP contribution in [0.2, 0.25) is 0 Å². The minimum atomic E-state index is -0.967. The van der Waals surface area contributed by atoms with E-state index in [9.17, 15) is 24.8 Å². The van der Waals surface area contributed by atoms with Crippen LogP contribution in [0.1, 0.15) is 22.7 Å². The highest BCUT2D eigenvalue weighted by atomic mass is 16.6. The summed E-state index contributed by atoms with van der Waals surface area (Å²) >= 11 is 0. The standard InChI is InChI=1S/C26H22N2O6/c1-34-21-12-10-18(11-13-21)24(29)22-23(19-8-5-9-20(16-19)28(32)33)27(26(31)25(22)30)15-14-17-6-3-2-4-7-17/h2-13,16,23,29H,14-15H2,1H3/b24-22-. The molecule has 1 N–H and O–H groups in total. The largest absolute Gasteiger partial charge is 0.507 e. The first-order valence-electron chi connectivity index (χ1n) is 10.6. The average Bonchev–Trinajstić information content (AvgIpc) is 3.12. The van der Waals surface area contributed by atoms with Crippen LogP contribution in [-0.4, -0.2) is 40.3 Å². The molecule has 8 heteroatoms. The molecule has 34 heavy (non-hydrogen) atoms. The summed E-state index contributed by atoms with van der Waals surface area (Å²) in [5, 5.41) is 22.5. The molecule has 1 aliphatic heterocycles. The number of nitro groups is 1. The lowest BCUT2D eigenvalue weighted by Crippen LogP contribution is -2.31. The van der Waals surface area contributed by atoms with Crippen molar-refractivity contribution >= 4 is 23.1 Å². The Balaban J connectivity index is 1.81. The van der Waals surface area contributed by atoms with Gasteiger partial charge in [-0.3, -0.25) is 19.7 Å². The van der Waals surface area contributed by atoms with Crippen molar-refractivity contribution in [2.24, 2.45) is 0 Å². The molecule has 8 nitrogen and oxygen atoms in total. The number of hydrogen-bond donors (Lipinski definition) is 1. The quantitative estimate of drug-likeness (QED) is 0.186. The van der Waals surface area contributed by atoms with Crippen molar-refractivity contribution in [3.05, 3.63) is 111 Å². The summed E-state index contributed by atoms with van der Waals surface area (Å²) in [5.74, 6) is -1.38. The first-order chi connectivity index (χ1) is 16.4. The van der Waals surface area contributed by atoms with Gasteiger partial charge >= 0.3 is 0 Å². The van der Waals surface area contributed by atoms with E-state index in [-0.39, 0.29) is 23.6 Å². The lowest BCUT2D eigenvalue weighted by atomic mass is 9.95. The van der Waals surface area contributed by atoms with Crippen molar-refractivity contribution in [2.45, 2.75) is 12.5 Å². The number of Topliss-reactive ketones (excluding diaryl/α,β-unsaturated/α-hetero) is 1. The van der Waals surface area contributed by atoms with E-state index in [4.69, 9.17) is 4.74 Å². The van der Waals surface area contributed by atoms with Gasteiger partial charge in [-0.15, -0.1) is 0 Å². The number of non-ortho nitro benzene ring substituents is 1. The molecule has 1 atom stereocenters. The number of aliphatic hydroxyl groups excluding tert-OH is 1. The SMILES string of the molecule is COc1ccc(/C(O)=C2/C(=O)C(=O)N(CCc3ccccc3)C2c2cccc([N+](=O)[O-])c2)cc1. The van der Waals surface area contributed by atoms with E-state index in [1.807, 2.05) is 30.3 Å². The van der Waals surface area contributed by atoms with Crippen LogP contribution in [0.25, 0.3) is 5.76 Å². The van der Waals surface area contributed by atoms with Crippen LogP contribution in [0.3, 0.4) is 0 Å². The van der Waals surface area contributed by atoms with Gasteiger partial charge in [0.2, 0.25) is 0 Å². The predicted molar refractivity (Wildman–Crippen MR) is 125 cm³/mol. The Kier molecular flexibility index (Phi) is 6.40. The van der Waals surface area contributed by atoms with Crippen LogP contribution in [0.4, 0.5) is 5.69 Å². The highest BCUT2D eigenvalue weighted by Crippen LogP contribution is 2.40. The van der Waals surface area contributed by atoms with Gasteiger partial charge in [-0.2, -0.15) is 0 Å². The normalized spacial score (nSPS) is 17.1. The molecule has 3 aromatic rings. The zero-order valence-electron chi connectivity index (χ0n) is 18.4. The summed E-state index contributed by atoms with van der Waals surface area (Å²) in [4.78, 5) is 38.3. The van der Waals surface area contributed by atoms with Crippen LogP contribution in [0.5, 0.6) is 5.75 Å². The number of methoxy groups -OCH3 is 1. The third-order valence-electron chi connectivity index (χ3n) is 5.78. The number of nitro benzene ring substituents is 1. The zero-order chi connectivity index (χ0) is 24.2. The van der Waals surface area contributed by atoms with Crippen LogP contribution >= 0.6 is 0 Å². The molecule has 0 spiro atoms. The maximum absolute atomic E-state index is 13.1. The topological polar surface area (TPSA) is 110 Å². The fourth-order valence-electron chi connectivity index (χ4n) is 4.06. The predicted octanol–water partition coefficient (Wildman–Crippen LogP) is 4.27. The molecule has 0 saturated carbocycles. The Labute approximate surface area is 195 Å². The van der Waals surface area contributed by atoms with Gasteiger partial charge in [-0.25, -0.2) is 0 Å². The number of carbonyl (C=O) groups is 2. The van der Waals surface area contributed by atoms with E-state index in [0.717, 1.165) is 5.56 Å². The van der Waals surface area contributed by atoms with Gasteiger partial charge in [0, 0.05) is 24.2 Å². The zero-order valence-corrected chi connectivity index (χ0v) is 18.4. The Morgan fingerprint density at radius 2 is 1.74 bits per heavy atom. The summed E-state index contributed by atoms with van der Waals surface area (Å²) in [6.45, 7) is 0.196. The second-order valence-corrected chi connectivity index (χ2v) is 7.81. The molecule has 0 aromatic heterocycles. The second kappa shape index (κ2) is 9.58. The Bertz CT molecular complexity index is 1270. The number of likely N-dealkylation sites (tertiary alicyclic amines) is 1. The Morgan fingerprint density at radius 3 is 2.38 bits per heavy atom. The molecular weight excluding hydrogens is 436 g/mol. The minimum Gasteiger partial charge on any atom is -0.507 e. The van der Waals surface area contributed by atoms with Crippen molar-refractivity contribution in [1.29, 1.82) is 0 Å². The van der Waals surface area contributed by atoms with Crippen molar-refractivity contribution < 1.29 is 24.4 Å². The molecule has 1 saturated heterocycles. The Hall–Kier alpha value is -4.46. The molecular formula is C26H22N2O6. The lowest BCUT2D eigenvalue weighted by Gasteiger charge is -2.25. The van der Waals surface area contributed by atoms with Crippen LogP contribution < -0.4 is 4.74 Å². The molecule has 172 valence electrons. The molecule has 1 fully saturated rings. The summed E-state index contributed by atoms with van der Waals surface area (Å²) in [6.07, 6.45) is 0.474. The number of amides is 1. The average molecular weight is 458 g/mol. The highest BCUT2D eigenvalue weighted by molar-refractivity contribution is 6.46. The van der Waals surface area contributed by atoms with E-state index in [1.165, 1.54) is 30.2 Å².